The summed E-state index contributed by atoms with van der Waals surface area (Å²) >= 11 is 6.50. The van der Waals surface area contributed by atoms with Crippen LogP contribution in [0.1, 0.15) is 6.42 Å². The first-order valence-electron chi connectivity index (χ1n) is 9.81. The highest BCUT2D eigenvalue weighted by Gasteiger charge is 2.21. The Hall–Kier alpha value is -3.38. The third-order valence-corrected chi connectivity index (χ3v) is 5.49. The van der Waals surface area contributed by atoms with Gasteiger partial charge in [-0.15, -0.1) is 0 Å². The molecule has 2 aromatic rings. The molecule has 0 aromatic heterocycles. The molecule has 3 aliphatic heterocycles. The van der Waals surface area contributed by atoms with E-state index in [4.69, 9.17) is 21.3 Å². The van der Waals surface area contributed by atoms with Crippen LogP contribution in [-0.2, 0) is 6.54 Å². The summed E-state index contributed by atoms with van der Waals surface area (Å²) in [7, 11) is 1.64. The SMILES string of the molecule is COc1cccc(N=c2ncc3cc(-c4ccccc4Cl)c4n(c-3n2)CCCN4)c1. The van der Waals surface area contributed by atoms with Crippen LogP contribution in [0.25, 0.3) is 22.5 Å². The van der Waals surface area contributed by atoms with Crippen molar-refractivity contribution in [3.63, 3.8) is 0 Å². The highest BCUT2D eigenvalue weighted by Crippen LogP contribution is 2.38. The molecule has 3 aliphatic rings. The monoisotopic (exact) mass is 417 g/mol. The number of benzene rings is 2. The average molecular weight is 418 g/mol. The summed E-state index contributed by atoms with van der Waals surface area (Å²) in [5.74, 6) is 2.62. The second-order valence-electron chi connectivity index (χ2n) is 7.08. The summed E-state index contributed by atoms with van der Waals surface area (Å²) in [5.41, 5.74) is 4.15. The first kappa shape index (κ1) is 18.6. The van der Waals surface area contributed by atoms with Crippen LogP contribution in [0.4, 0.5) is 11.5 Å². The Morgan fingerprint density at radius 3 is 2.87 bits per heavy atom. The van der Waals surface area contributed by atoms with E-state index in [-0.39, 0.29) is 0 Å². The summed E-state index contributed by atoms with van der Waals surface area (Å²) in [4.78, 5) is 13.8. The quantitative estimate of drug-likeness (QED) is 0.522. The number of nitrogens with zero attached hydrogens (tertiary/aromatic N) is 4. The molecule has 0 unspecified atom stereocenters. The minimum atomic E-state index is 0.418. The molecule has 1 N–H and O–H groups in total. The van der Waals surface area contributed by atoms with Crippen molar-refractivity contribution >= 4 is 23.1 Å². The zero-order chi connectivity index (χ0) is 20.5. The van der Waals surface area contributed by atoms with Gasteiger partial charge in [-0.3, -0.25) is 0 Å². The summed E-state index contributed by atoms with van der Waals surface area (Å²) in [6.07, 6.45) is 2.84. The molecule has 30 heavy (non-hydrogen) atoms. The van der Waals surface area contributed by atoms with Crippen LogP contribution in [0, 0.1) is 0 Å². The van der Waals surface area contributed by atoms with Crippen LogP contribution < -0.4 is 15.7 Å². The van der Waals surface area contributed by atoms with Gasteiger partial charge in [-0.05, 0) is 30.7 Å². The maximum Gasteiger partial charge on any atom is 0.251 e. The van der Waals surface area contributed by atoms with Crippen molar-refractivity contribution in [3.8, 4) is 28.3 Å². The third kappa shape index (κ3) is 3.39. The van der Waals surface area contributed by atoms with Crippen molar-refractivity contribution in [3.05, 3.63) is 71.4 Å². The zero-order valence-corrected chi connectivity index (χ0v) is 17.2. The van der Waals surface area contributed by atoms with Gasteiger partial charge in [0.25, 0.3) is 5.62 Å². The number of ether oxygens (including phenoxy) is 1. The lowest BCUT2D eigenvalue weighted by Gasteiger charge is -2.27. The molecule has 5 rings (SSSR count). The van der Waals surface area contributed by atoms with Crippen LogP contribution in [0.15, 0.2) is 65.8 Å². The molecule has 0 saturated heterocycles. The predicted octanol–water partition coefficient (Wildman–Crippen LogP) is 4.76. The fourth-order valence-corrected chi connectivity index (χ4v) is 3.99. The van der Waals surface area contributed by atoms with E-state index in [9.17, 15) is 0 Å². The summed E-state index contributed by atoms with van der Waals surface area (Å²) < 4.78 is 7.48. The Balaban J connectivity index is 1.70. The van der Waals surface area contributed by atoms with Crippen molar-refractivity contribution in [2.45, 2.75) is 13.0 Å². The molecule has 2 aromatic carbocycles. The van der Waals surface area contributed by atoms with E-state index in [0.29, 0.717) is 5.62 Å². The van der Waals surface area contributed by atoms with Crippen molar-refractivity contribution in [2.75, 3.05) is 19.0 Å². The molecule has 3 heterocycles. The summed E-state index contributed by atoms with van der Waals surface area (Å²) in [6.45, 7) is 1.78. The Morgan fingerprint density at radius 1 is 1.10 bits per heavy atom. The lowest BCUT2D eigenvalue weighted by molar-refractivity contribution is 0.415. The molecule has 0 spiro atoms. The number of anilines is 1. The number of methoxy groups -OCH3 is 1. The maximum absolute atomic E-state index is 6.50. The van der Waals surface area contributed by atoms with E-state index in [0.717, 1.165) is 64.3 Å². The van der Waals surface area contributed by atoms with Gasteiger partial charge < -0.3 is 14.6 Å². The molecule has 0 bridgehead atoms. The van der Waals surface area contributed by atoms with E-state index < -0.39 is 0 Å². The number of hydrogen-bond acceptors (Lipinski definition) is 5. The Kier molecular flexibility index (Phi) is 4.85. The molecule has 7 heteroatoms. The van der Waals surface area contributed by atoms with Gasteiger partial charge in [0.05, 0.1) is 12.8 Å². The zero-order valence-electron chi connectivity index (χ0n) is 16.5. The number of aromatic nitrogens is 3. The van der Waals surface area contributed by atoms with Gasteiger partial charge in [-0.2, -0.15) is 4.98 Å². The highest BCUT2D eigenvalue weighted by atomic mass is 35.5. The van der Waals surface area contributed by atoms with Crippen LogP contribution in [-0.4, -0.2) is 28.2 Å². The minimum Gasteiger partial charge on any atom is -0.497 e. The fraction of sp³-hybridized carbons (Fsp3) is 0.174. The molecular weight excluding hydrogens is 398 g/mol. The lowest BCUT2D eigenvalue weighted by Crippen LogP contribution is -2.25. The van der Waals surface area contributed by atoms with Gasteiger partial charge in [0.1, 0.15) is 17.4 Å². The Labute approximate surface area is 179 Å². The smallest absolute Gasteiger partial charge is 0.251 e. The number of rotatable bonds is 3. The average Bonchev–Trinajstić information content (AvgIpc) is 2.79. The van der Waals surface area contributed by atoms with Gasteiger partial charge in [-0.1, -0.05) is 35.9 Å². The van der Waals surface area contributed by atoms with Crippen molar-refractivity contribution in [2.24, 2.45) is 4.99 Å². The first-order valence-corrected chi connectivity index (χ1v) is 10.2. The normalized spacial score (nSPS) is 13.7. The maximum atomic E-state index is 6.50. The molecular formula is C23H20ClN5O. The predicted molar refractivity (Wildman–Crippen MR) is 118 cm³/mol. The van der Waals surface area contributed by atoms with E-state index in [1.165, 1.54) is 0 Å². The fourth-order valence-electron chi connectivity index (χ4n) is 3.75. The summed E-state index contributed by atoms with van der Waals surface area (Å²) in [6, 6.07) is 17.5. The number of nitrogens with one attached hydrogen (secondary N) is 1. The molecule has 6 nitrogen and oxygen atoms in total. The van der Waals surface area contributed by atoms with Gasteiger partial charge in [0.15, 0.2) is 0 Å². The van der Waals surface area contributed by atoms with E-state index in [2.05, 4.69) is 25.9 Å². The van der Waals surface area contributed by atoms with E-state index in [1.54, 1.807) is 7.11 Å². The largest absolute Gasteiger partial charge is 0.497 e. The van der Waals surface area contributed by atoms with Gasteiger partial charge in [0, 0.05) is 47.1 Å². The van der Waals surface area contributed by atoms with Gasteiger partial charge in [0.2, 0.25) is 0 Å². The molecule has 0 aliphatic carbocycles. The Bertz CT molecular complexity index is 1270. The molecule has 0 saturated carbocycles. The summed E-state index contributed by atoms with van der Waals surface area (Å²) in [5, 5.41) is 4.25. The van der Waals surface area contributed by atoms with Crippen LogP contribution in [0.2, 0.25) is 5.02 Å². The van der Waals surface area contributed by atoms with Gasteiger partial charge in [-0.25, -0.2) is 9.98 Å². The van der Waals surface area contributed by atoms with Crippen molar-refractivity contribution in [1.82, 2.24) is 14.5 Å². The third-order valence-electron chi connectivity index (χ3n) is 5.16. The minimum absolute atomic E-state index is 0.418. The van der Waals surface area contributed by atoms with Crippen molar-refractivity contribution < 1.29 is 4.74 Å². The lowest BCUT2D eigenvalue weighted by atomic mass is 10.0. The molecule has 150 valence electrons. The second-order valence-corrected chi connectivity index (χ2v) is 7.49. The molecule has 0 amide bonds. The van der Waals surface area contributed by atoms with Crippen LogP contribution >= 0.6 is 11.6 Å². The molecule has 0 atom stereocenters. The van der Waals surface area contributed by atoms with Gasteiger partial charge >= 0.3 is 0 Å². The first-order chi connectivity index (χ1) is 14.7. The number of pyridine rings is 1. The second kappa shape index (κ2) is 7.80. The number of hydrogen-bond donors (Lipinski definition) is 1. The standard InChI is InChI=1S/C23H20ClN5O/c1-30-17-7-4-6-16(13-17)27-23-26-14-15-12-19(18-8-2-3-9-20(18)24)22-25-10-5-11-29(22)21(15)28-23/h2-4,6-9,12-14,25H,5,10-11H2,1H3. The van der Waals surface area contributed by atoms with Crippen LogP contribution in [0.3, 0.4) is 0 Å². The Morgan fingerprint density at radius 2 is 2.00 bits per heavy atom. The highest BCUT2D eigenvalue weighted by molar-refractivity contribution is 6.33. The number of fused-ring (bicyclic) bond motifs is 3. The topological polar surface area (TPSA) is 64.3 Å². The van der Waals surface area contributed by atoms with E-state index >= 15 is 0 Å². The number of halogens is 1. The molecule has 0 radical (unpaired) electrons. The molecule has 0 fully saturated rings. The van der Waals surface area contributed by atoms with Crippen molar-refractivity contribution in [1.29, 1.82) is 0 Å². The van der Waals surface area contributed by atoms with E-state index in [1.807, 2.05) is 54.7 Å². The van der Waals surface area contributed by atoms with Crippen LogP contribution in [0.5, 0.6) is 5.75 Å².